The lowest BCUT2D eigenvalue weighted by Gasteiger charge is -2.13. The topological polar surface area (TPSA) is 58.1 Å². The van der Waals surface area contributed by atoms with E-state index in [9.17, 15) is 9.18 Å². The van der Waals surface area contributed by atoms with Gasteiger partial charge in [0.1, 0.15) is 10.8 Å². The second-order valence-electron chi connectivity index (χ2n) is 5.66. The molecule has 0 spiro atoms. The minimum Gasteiger partial charge on any atom is -0.320 e. The molecule has 0 bridgehead atoms. The van der Waals surface area contributed by atoms with Crippen molar-refractivity contribution in [1.82, 2.24) is 15.1 Å². The number of halogens is 1. The van der Waals surface area contributed by atoms with Crippen molar-refractivity contribution in [2.45, 2.75) is 20.0 Å². The van der Waals surface area contributed by atoms with Gasteiger partial charge in [0.25, 0.3) is 5.91 Å². The fourth-order valence-corrected chi connectivity index (χ4v) is 4.03. The van der Waals surface area contributed by atoms with E-state index >= 15 is 0 Å². The highest BCUT2D eigenvalue weighted by Crippen LogP contribution is 2.19. The molecule has 1 amide bonds. The maximum atomic E-state index is 12.9. The van der Waals surface area contributed by atoms with Gasteiger partial charge in [-0.1, -0.05) is 11.3 Å². The summed E-state index contributed by atoms with van der Waals surface area (Å²) in [7, 11) is 2.01. The number of benzene rings is 1. The van der Waals surface area contributed by atoms with Gasteiger partial charge in [-0.3, -0.25) is 9.69 Å². The van der Waals surface area contributed by atoms with Gasteiger partial charge in [-0.15, -0.1) is 21.5 Å². The van der Waals surface area contributed by atoms with Crippen LogP contribution in [-0.2, 0) is 13.1 Å². The van der Waals surface area contributed by atoms with Crippen LogP contribution in [0, 0.1) is 12.7 Å². The van der Waals surface area contributed by atoms with Gasteiger partial charge >= 0.3 is 0 Å². The fraction of sp³-hybridized carbons (Fsp3) is 0.235. The van der Waals surface area contributed by atoms with Gasteiger partial charge < -0.3 is 5.32 Å². The first-order chi connectivity index (χ1) is 12.0. The van der Waals surface area contributed by atoms with E-state index in [0.29, 0.717) is 17.2 Å². The normalized spacial score (nSPS) is 11.0. The van der Waals surface area contributed by atoms with Gasteiger partial charge in [0.05, 0.1) is 6.54 Å². The number of carbonyl (C=O) groups is 1. The van der Waals surface area contributed by atoms with Crippen LogP contribution in [-0.4, -0.2) is 28.1 Å². The zero-order valence-electron chi connectivity index (χ0n) is 13.8. The molecule has 0 atom stereocenters. The predicted molar refractivity (Wildman–Crippen MR) is 98.5 cm³/mol. The number of thiophene rings is 1. The number of rotatable bonds is 6. The minimum absolute atomic E-state index is 0.292. The van der Waals surface area contributed by atoms with Crippen molar-refractivity contribution >= 4 is 34.3 Å². The first kappa shape index (κ1) is 17.7. The van der Waals surface area contributed by atoms with Crippen molar-refractivity contribution in [1.29, 1.82) is 0 Å². The lowest BCUT2D eigenvalue weighted by molar-refractivity contribution is 0.102. The first-order valence-corrected chi connectivity index (χ1v) is 9.31. The lowest BCUT2D eigenvalue weighted by atomic mass is 10.3. The SMILES string of the molecule is Cc1ccsc1CN(C)Cc1nnc(C(=O)Nc2ccc(F)cc2)s1. The van der Waals surface area contributed by atoms with E-state index in [1.807, 2.05) is 7.05 Å². The summed E-state index contributed by atoms with van der Waals surface area (Å²) in [6.07, 6.45) is 0. The smallest absolute Gasteiger partial charge is 0.286 e. The van der Waals surface area contributed by atoms with Crippen molar-refractivity contribution in [3.8, 4) is 0 Å². The van der Waals surface area contributed by atoms with Crippen molar-refractivity contribution in [3.63, 3.8) is 0 Å². The molecule has 3 rings (SSSR count). The Morgan fingerprint density at radius 3 is 2.64 bits per heavy atom. The highest BCUT2D eigenvalue weighted by Gasteiger charge is 2.15. The molecule has 2 heterocycles. The number of hydrogen-bond donors (Lipinski definition) is 1. The number of nitrogens with zero attached hydrogens (tertiary/aromatic N) is 3. The first-order valence-electron chi connectivity index (χ1n) is 7.62. The van der Waals surface area contributed by atoms with E-state index in [1.54, 1.807) is 11.3 Å². The summed E-state index contributed by atoms with van der Waals surface area (Å²) >= 11 is 3.00. The fourth-order valence-electron chi connectivity index (χ4n) is 2.23. The molecule has 0 saturated heterocycles. The molecule has 0 unspecified atom stereocenters. The van der Waals surface area contributed by atoms with Crippen LogP contribution < -0.4 is 5.32 Å². The lowest BCUT2D eigenvalue weighted by Crippen LogP contribution is -2.16. The van der Waals surface area contributed by atoms with E-state index in [-0.39, 0.29) is 11.7 Å². The Bertz CT molecular complexity index is 860. The highest BCUT2D eigenvalue weighted by molar-refractivity contribution is 7.13. The molecule has 1 aromatic carbocycles. The van der Waals surface area contributed by atoms with Crippen LogP contribution in [0.2, 0.25) is 0 Å². The second kappa shape index (κ2) is 7.81. The maximum absolute atomic E-state index is 12.9. The Balaban J connectivity index is 1.58. The standard InChI is InChI=1S/C17H17FN4OS2/c1-11-7-8-24-14(11)9-22(2)10-15-20-21-17(25-15)16(23)19-13-5-3-12(18)4-6-13/h3-8H,9-10H2,1-2H3,(H,19,23). The second-order valence-corrected chi connectivity index (χ2v) is 7.72. The number of hydrogen-bond acceptors (Lipinski definition) is 6. The summed E-state index contributed by atoms with van der Waals surface area (Å²) in [6, 6.07) is 7.71. The molecule has 0 aliphatic heterocycles. The highest BCUT2D eigenvalue weighted by atomic mass is 32.1. The summed E-state index contributed by atoms with van der Waals surface area (Å²) in [6.45, 7) is 3.56. The van der Waals surface area contributed by atoms with Crippen LogP contribution in [0.4, 0.5) is 10.1 Å². The number of carbonyl (C=O) groups excluding carboxylic acids is 1. The molecular formula is C17H17FN4OS2. The zero-order valence-corrected chi connectivity index (χ0v) is 15.5. The Hall–Kier alpha value is -2.16. The summed E-state index contributed by atoms with van der Waals surface area (Å²) < 4.78 is 12.9. The molecule has 0 aliphatic carbocycles. The van der Waals surface area contributed by atoms with Crippen LogP contribution in [0.5, 0.6) is 0 Å². The molecule has 5 nitrogen and oxygen atoms in total. The summed E-state index contributed by atoms with van der Waals surface area (Å²) in [5.41, 5.74) is 1.81. The van der Waals surface area contributed by atoms with Gasteiger partial charge in [0, 0.05) is 17.1 Å². The average molecular weight is 376 g/mol. The quantitative estimate of drug-likeness (QED) is 0.708. The largest absolute Gasteiger partial charge is 0.320 e. The van der Waals surface area contributed by atoms with Gasteiger partial charge in [-0.05, 0) is 55.2 Å². The molecule has 2 aromatic heterocycles. The third kappa shape index (κ3) is 4.68. The average Bonchev–Trinajstić information content (AvgIpc) is 3.19. The van der Waals surface area contributed by atoms with Crippen molar-refractivity contribution in [3.05, 3.63) is 62.0 Å². The molecule has 1 N–H and O–H groups in total. The zero-order chi connectivity index (χ0) is 17.8. The van der Waals surface area contributed by atoms with E-state index in [4.69, 9.17) is 0 Å². The molecule has 0 aliphatic rings. The van der Waals surface area contributed by atoms with Crippen LogP contribution in [0.1, 0.15) is 25.3 Å². The predicted octanol–water partition coefficient (Wildman–Crippen LogP) is 3.93. The summed E-state index contributed by atoms with van der Waals surface area (Å²) in [4.78, 5) is 15.7. The third-order valence-corrected chi connectivity index (χ3v) is 5.46. The summed E-state index contributed by atoms with van der Waals surface area (Å²) in [5.74, 6) is -0.688. The Morgan fingerprint density at radius 1 is 1.20 bits per heavy atom. The molecule has 25 heavy (non-hydrogen) atoms. The summed E-state index contributed by atoms with van der Waals surface area (Å²) in [5, 5.41) is 13.9. The Labute approximate surface area is 153 Å². The maximum Gasteiger partial charge on any atom is 0.286 e. The van der Waals surface area contributed by atoms with Gasteiger partial charge in [-0.2, -0.15) is 0 Å². The number of aromatic nitrogens is 2. The van der Waals surface area contributed by atoms with Crippen LogP contribution >= 0.6 is 22.7 Å². The van der Waals surface area contributed by atoms with Crippen LogP contribution in [0.15, 0.2) is 35.7 Å². The third-order valence-electron chi connectivity index (χ3n) is 3.55. The molecule has 0 radical (unpaired) electrons. The molecule has 8 heteroatoms. The molecule has 3 aromatic rings. The number of nitrogens with one attached hydrogen (secondary N) is 1. The molecule has 0 saturated carbocycles. The number of aryl methyl sites for hydroxylation is 1. The van der Waals surface area contributed by atoms with E-state index in [1.165, 1.54) is 46.0 Å². The van der Waals surface area contributed by atoms with Crippen molar-refractivity contribution < 1.29 is 9.18 Å². The van der Waals surface area contributed by atoms with Crippen LogP contribution in [0.25, 0.3) is 0 Å². The minimum atomic E-state index is -0.347. The monoisotopic (exact) mass is 376 g/mol. The molecule has 0 fully saturated rings. The van der Waals surface area contributed by atoms with Crippen molar-refractivity contribution in [2.75, 3.05) is 12.4 Å². The van der Waals surface area contributed by atoms with Gasteiger partial charge in [0.15, 0.2) is 0 Å². The van der Waals surface area contributed by atoms with Crippen molar-refractivity contribution in [2.24, 2.45) is 0 Å². The van der Waals surface area contributed by atoms with Gasteiger partial charge in [-0.25, -0.2) is 4.39 Å². The molecular weight excluding hydrogens is 359 g/mol. The van der Waals surface area contributed by atoms with E-state index in [0.717, 1.165) is 11.6 Å². The Kier molecular flexibility index (Phi) is 5.52. The van der Waals surface area contributed by atoms with E-state index < -0.39 is 0 Å². The molecule has 130 valence electrons. The number of anilines is 1. The van der Waals surface area contributed by atoms with Gasteiger partial charge in [0.2, 0.25) is 5.01 Å². The van der Waals surface area contributed by atoms with Crippen LogP contribution in [0.3, 0.4) is 0 Å². The Morgan fingerprint density at radius 2 is 1.96 bits per heavy atom. The van der Waals surface area contributed by atoms with E-state index in [2.05, 4.69) is 38.8 Å². The number of amides is 1.